The molecule has 0 unspecified atom stereocenters. The fourth-order valence-electron chi connectivity index (χ4n) is 1.92. The standard InChI is InChI=1S/C15H15N3O3/c19-18(20)13-8-9-14(17-15(13)16-12-6-7-12)21-10-11-4-2-1-3-5-11/h1-5,8-9,12H,6-7,10H2,(H,16,17). The van der Waals surface area contributed by atoms with E-state index < -0.39 is 4.92 Å². The second kappa shape index (κ2) is 5.78. The maximum atomic E-state index is 11.0. The first-order valence-corrected chi connectivity index (χ1v) is 6.81. The maximum absolute atomic E-state index is 11.0. The molecule has 0 atom stereocenters. The average molecular weight is 285 g/mol. The predicted molar refractivity (Wildman–Crippen MR) is 78.3 cm³/mol. The Kier molecular flexibility index (Phi) is 3.68. The second-order valence-electron chi connectivity index (χ2n) is 4.97. The lowest BCUT2D eigenvalue weighted by Crippen LogP contribution is -2.07. The third kappa shape index (κ3) is 3.47. The molecule has 2 aromatic rings. The highest BCUT2D eigenvalue weighted by molar-refractivity contribution is 5.58. The SMILES string of the molecule is O=[N+]([O-])c1ccc(OCc2ccccc2)nc1NC1CC1. The summed E-state index contributed by atoms with van der Waals surface area (Å²) < 4.78 is 5.60. The van der Waals surface area contributed by atoms with Crippen LogP contribution in [0.2, 0.25) is 0 Å². The van der Waals surface area contributed by atoms with Gasteiger partial charge in [-0.3, -0.25) is 10.1 Å². The van der Waals surface area contributed by atoms with Crippen LogP contribution in [0.3, 0.4) is 0 Å². The zero-order chi connectivity index (χ0) is 14.7. The Morgan fingerprint density at radius 2 is 2.00 bits per heavy atom. The van der Waals surface area contributed by atoms with E-state index in [-0.39, 0.29) is 11.5 Å². The third-order valence-corrected chi connectivity index (χ3v) is 3.19. The van der Waals surface area contributed by atoms with E-state index in [0.717, 1.165) is 18.4 Å². The molecule has 0 aliphatic heterocycles. The summed E-state index contributed by atoms with van der Waals surface area (Å²) in [6.07, 6.45) is 2.04. The van der Waals surface area contributed by atoms with Crippen LogP contribution in [0.1, 0.15) is 18.4 Å². The van der Waals surface area contributed by atoms with Gasteiger partial charge in [-0.05, 0) is 18.4 Å². The number of ether oxygens (including phenoxy) is 1. The van der Waals surface area contributed by atoms with Gasteiger partial charge in [0, 0.05) is 18.2 Å². The molecule has 1 aromatic heterocycles. The Morgan fingerprint density at radius 3 is 2.67 bits per heavy atom. The van der Waals surface area contributed by atoms with Crippen molar-refractivity contribution in [2.24, 2.45) is 0 Å². The zero-order valence-corrected chi connectivity index (χ0v) is 11.4. The molecule has 3 rings (SSSR count). The summed E-state index contributed by atoms with van der Waals surface area (Å²) in [6, 6.07) is 13.0. The number of nitrogens with one attached hydrogen (secondary N) is 1. The monoisotopic (exact) mass is 285 g/mol. The molecule has 1 aromatic carbocycles. The lowest BCUT2D eigenvalue weighted by Gasteiger charge is -2.08. The van der Waals surface area contributed by atoms with Crippen LogP contribution >= 0.6 is 0 Å². The van der Waals surface area contributed by atoms with Crippen molar-refractivity contribution >= 4 is 11.5 Å². The van der Waals surface area contributed by atoms with Crippen LogP contribution in [0.15, 0.2) is 42.5 Å². The van der Waals surface area contributed by atoms with Crippen molar-refractivity contribution in [2.75, 3.05) is 5.32 Å². The first-order chi connectivity index (χ1) is 10.2. The Hall–Kier alpha value is -2.63. The normalized spacial score (nSPS) is 13.7. The van der Waals surface area contributed by atoms with Crippen molar-refractivity contribution in [2.45, 2.75) is 25.5 Å². The van der Waals surface area contributed by atoms with Crippen LogP contribution in [0.4, 0.5) is 11.5 Å². The predicted octanol–water partition coefficient (Wildman–Crippen LogP) is 3.14. The molecule has 1 aliphatic rings. The zero-order valence-electron chi connectivity index (χ0n) is 11.4. The molecular formula is C15H15N3O3. The summed E-state index contributed by atoms with van der Waals surface area (Å²) in [5, 5.41) is 14.1. The molecule has 1 aliphatic carbocycles. The molecule has 0 spiro atoms. The van der Waals surface area contributed by atoms with E-state index in [2.05, 4.69) is 10.3 Å². The second-order valence-corrected chi connectivity index (χ2v) is 4.97. The maximum Gasteiger partial charge on any atom is 0.311 e. The van der Waals surface area contributed by atoms with Gasteiger partial charge < -0.3 is 10.1 Å². The number of pyridine rings is 1. The number of benzene rings is 1. The van der Waals surface area contributed by atoms with Gasteiger partial charge in [0.05, 0.1) is 4.92 Å². The van der Waals surface area contributed by atoms with E-state index in [1.54, 1.807) is 0 Å². The molecule has 108 valence electrons. The molecule has 6 nitrogen and oxygen atoms in total. The van der Waals surface area contributed by atoms with Gasteiger partial charge in [-0.15, -0.1) is 0 Å². The molecule has 6 heteroatoms. The number of rotatable bonds is 6. The molecular weight excluding hydrogens is 270 g/mol. The van der Waals surface area contributed by atoms with Gasteiger partial charge in [-0.1, -0.05) is 30.3 Å². The molecule has 0 radical (unpaired) electrons. The molecule has 1 saturated carbocycles. The van der Waals surface area contributed by atoms with Crippen molar-refractivity contribution in [3.63, 3.8) is 0 Å². The molecule has 1 heterocycles. The number of hydrogen-bond acceptors (Lipinski definition) is 5. The molecule has 1 fully saturated rings. The fourth-order valence-corrected chi connectivity index (χ4v) is 1.92. The van der Waals surface area contributed by atoms with E-state index in [9.17, 15) is 10.1 Å². The lowest BCUT2D eigenvalue weighted by molar-refractivity contribution is -0.384. The molecule has 0 amide bonds. The summed E-state index contributed by atoms with van der Waals surface area (Å²) >= 11 is 0. The van der Waals surface area contributed by atoms with Crippen molar-refractivity contribution in [1.29, 1.82) is 0 Å². The van der Waals surface area contributed by atoms with Crippen molar-refractivity contribution in [3.05, 3.63) is 58.1 Å². The Balaban J connectivity index is 1.74. The Bertz CT molecular complexity index is 642. The summed E-state index contributed by atoms with van der Waals surface area (Å²) in [5.41, 5.74) is 1.00. The minimum Gasteiger partial charge on any atom is -0.473 e. The van der Waals surface area contributed by atoms with Gasteiger partial charge in [-0.2, -0.15) is 4.98 Å². The molecule has 0 bridgehead atoms. The first-order valence-electron chi connectivity index (χ1n) is 6.81. The number of hydrogen-bond donors (Lipinski definition) is 1. The third-order valence-electron chi connectivity index (χ3n) is 3.19. The first kappa shape index (κ1) is 13.4. The highest BCUT2D eigenvalue weighted by Crippen LogP contribution is 2.31. The minimum absolute atomic E-state index is 0.0195. The highest BCUT2D eigenvalue weighted by atomic mass is 16.6. The van der Waals surface area contributed by atoms with E-state index in [1.165, 1.54) is 12.1 Å². The molecule has 0 saturated heterocycles. The fraction of sp³-hybridized carbons (Fsp3) is 0.267. The van der Waals surface area contributed by atoms with Gasteiger partial charge in [-0.25, -0.2) is 0 Å². The Labute approximate surface area is 121 Å². The van der Waals surface area contributed by atoms with Crippen LogP contribution in [0, 0.1) is 10.1 Å². The summed E-state index contributed by atoms with van der Waals surface area (Å²) in [7, 11) is 0. The number of aromatic nitrogens is 1. The van der Waals surface area contributed by atoms with Crippen LogP contribution < -0.4 is 10.1 Å². The van der Waals surface area contributed by atoms with Gasteiger partial charge in [0.25, 0.3) is 0 Å². The van der Waals surface area contributed by atoms with E-state index in [4.69, 9.17) is 4.74 Å². The quantitative estimate of drug-likeness (QED) is 0.651. The van der Waals surface area contributed by atoms with E-state index in [0.29, 0.717) is 18.5 Å². The van der Waals surface area contributed by atoms with Crippen LogP contribution in [0.5, 0.6) is 5.88 Å². The van der Waals surface area contributed by atoms with Crippen molar-refractivity contribution < 1.29 is 9.66 Å². The smallest absolute Gasteiger partial charge is 0.311 e. The average Bonchev–Trinajstić information content (AvgIpc) is 3.30. The topological polar surface area (TPSA) is 77.3 Å². The summed E-state index contributed by atoms with van der Waals surface area (Å²) in [4.78, 5) is 14.8. The van der Waals surface area contributed by atoms with E-state index in [1.807, 2.05) is 30.3 Å². The number of anilines is 1. The highest BCUT2D eigenvalue weighted by Gasteiger charge is 2.26. The Morgan fingerprint density at radius 1 is 1.24 bits per heavy atom. The van der Waals surface area contributed by atoms with Crippen LogP contribution in [-0.4, -0.2) is 15.9 Å². The van der Waals surface area contributed by atoms with Gasteiger partial charge in [0.1, 0.15) is 6.61 Å². The number of nitrogens with zero attached hydrogens (tertiary/aromatic N) is 2. The lowest BCUT2D eigenvalue weighted by atomic mass is 10.2. The summed E-state index contributed by atoms with van der Waals surface area (Å²) in [5.74, 6) is 0.667. The largest absolute Gasteiger partial charge is 0.473 e. The number of nitro groups is 1. The summed E-state index contributed by atoms with van der Waals surface area (Å²) in [6.45, 7) is 0.383. The van der Waals surface area contributed by atoms with Crippen molar-refractivity contribution in [1.82, 2.24) is 4.98 Å². The van der Waals surface area contributed by atoms with Gasteiger partial charge in [0.2, 0.25) is 11.7 Å². The van der Waals surface area contributed by atoms with Gasteiger partial charge in [0.15, 0.2) is 0 Å². The van der Waals surface area contributed by atoms with Crippen LogP contribution in [0.25, 0.3) is 0 Å². The molecule has 1 N–H and O–H groups in total. The minimum atomic E-state index is -0.432. The van der Waals surface area contributed by atoms with E-state index >= 15 is 0 Å². The van der Waals surface area contributed by atoms with Gasteiger partial charge >= 0.3 is 5.69 Å². The van der Waals surface area contributed by atoms with Crippen molar-refractivity contribution in [3.8, 4) is 5.88 Å². The molecule has 21 heavy (non-hydrogen) atoms. The van der Waals surface area contributed by atoms with Crippen LogP contribution in [-0.2, 0) is 6.61 Å².